The molecule has 1 amide bonds. The number of carbonyl (C=O) groups excluding carboxylic acids is 1. The Morgan fingerprint density at radius 1 is 0.667 bits per heavy atom. The normalized spacial score (nSPS) is 23.1. The Balaban J connectivity index is 1.14. The number of sulfonamides is 1. The van der Waals surface area contributed by atoms with E-state index in [0.29, 0.717) is 70.4 Å². The quantitative estimate of drug-likeness (QED) is 0.233. The second-order valence-corrected chi connectivity index (χ2v) is 15.9. The van der Waals surface area contributed by atoms with Crippen LogP contribution in [0, 0.1) is 0 Å². The molecule has 1 unspecified atom stereocenters. The van der Waals surface area contributed by atoms with Crippen LogP contribution < -0.4 is 0 Å². The first-order chi connectivity index (χ1) is 25.3. The minimum atomic E-state index is -5.10. The van der Waals surface area contributed by atoms with Crippen molar-refractivity contribution in [3.05, 3.63) is 101 Å². The van der Waals surface area contributed by atoms with E-state index in [-0.39, 0.29) is 37.8 Å². The standard InChI is InChI=1S/C37H39F9N4O3S/c38-35(39,40)27-20-26(21-28(22-27)36(41,42)43)34(51)50-14-12-29(23-31(50)19-25-7-2-1-3-8-25)47-15-17-48(18-16-47)30-9-6-13-49(24-30)54(52,53)33-11-5-4-10-32(33)37(44,45)46/h1-5,7-8,10-11,20-22,29-31H,6,9,12-19,23-24H2/t29-,30?,31+/m0/s1. The number of hydrogen-bond acceptors (Lipinski definition) is 5. The average Bonchev–Trinajstić information content (AvgIpc) is 3.14. The first-order valence-corrected chi connectivity index (χ1v) is 19.0. The van der Waals surface area contributed by atoms with Gasteiger partial charge in [0.05, 0.1) is 21.6 Å². The number of carbonyl (C=O) groups is 1. The van der Waals surface area contributed by atoms with Crippen LogP contribution in [-0.2, 0) is 35.0 Å². The lowest BCUT2D eigenvalue weighted by Crippen LogP contribution is -2.59. The molecule has 3 fully saturated rings. The Hall–Kier alpha value is -3.67. The average molecular weight is 791 g/mol. The van der Waals surface area contributed by atoms with E-state index in [1.54, 1.807) is 18.2 Å². The van der Waals surface area contributed by atoms with Gasteiger partial charge in [-0.15, -0.1) is 0 Å². The summed E-state index contributed by atoms with van der Waals surface area (Å²) in [5.74, 6) is -0.912. The SMILES string of the molecule is O=C(c1cc(C(F)(F)F)cc(C(F)(F)F)c1)N1CC[C@H](N2CCN(C3CCCN(S(=O)(=O)c4ccccc4C(F)(F)F)C3)CC2)C[C@H]1Cc1ccccc1. The minimum Gasteiger partial charge on any atom is -0.335 e. The molecule has 0 aliphatic carbocycles. The molecule has 0 aromatic heterocycles. The highest BCUT2D eigenvalue weighted by Gasteiger charge is 2.43. The first-order valence-electron chi connectivity index (χ1n) is 17.6. The van der Waals surface area contributed by atoms with E-state index in [0.717, 1.165) is 28.1 Å². The molecule has 7 nitrogen and oxygen atoms in total. The molecule has 6 rings (SSSR count). The third kappa shape index (κ3) is 8.89. The molecule has 0 radical (unpaired) electrons. The van der Waals surface area contributed by atoms with Crippen molar-refractivity contribution in [3.63, 3.8) is 0 Å². The highest BCUT2D eigenvalue weighted by atomic mass is 32.2. The van der Waals surface area contributed by atoms with Crippen LogP contribution in [0.25, 0.3) is 0 Å². The van der Waals surface area contributed by atoms with Gasteiger partial charge >= 0.3 is 18.5 Å². The lowest BCUT2D eigenvalue weighted by Gasteiger charge is -2.48. The molecule has 0 N–H and O–H groups in total. The van der Waals surface area contributed by atoms with Crippen molar-refractivity contribution < 1.29 is 52.7 Å². The molecule has 3 aliphatic rings. The van der Waals surface area contributed by atoms with Crippen molar-refractivity contribution in [1.82, 2.24) is 19.0 Å². The van der Waals surface area contributed by atoms with Gasteiger partial charge in [-0.2, -0.15) is 43.8 Å². The molecule has 3 aromatic rings. The van der Waals surface area contributed by atoms with Gasteiger partial charge in [0.15, 0.2) is 0 Å². The van der Waals surface area contributed by atoms with E-state index >= 15 is 0 Å². The zero-order valence-electron chi connectivity index (χ0n) is 29.0. The third-order valence-corrected chi connectivity index (χ3v) is 12.6. The van der Waals surface area contributed by atoms with E-state index in [1.165, 1.54) is 11.0 Å². The van der Waals surface area contributed by atoms with Crippen LogP contribution in [-0.4, -0.2) is 97.3 Å². The van der Waals surface area contributed by atoms with Gasteiger partial charge in [0.1, 0.15) is 0 Å². The number of piperidine rings is 2. The van der Waals surface area contributed by atoms with Crippen LogP contribution in [0.5, 0.6) is 0 Å². The fourth-order valence-corrected chi connectivity index (χ4v) is 9.65. The molecule has 17 heteroatoms. The maximum absolute atomic E-state index is 13.8. The van der Waals surface area contributed by atoms with Crippen molar-refractivity contribution in [2.75, 3.05) is 45.8 Å². The van der Waals surface area contributed by atoms with Gasteiger partial charge in [0, 0.05) is 69.5 Å². The van der Waals surface area contributed by atoms with E-state index in [4.69, 9.17) is 0 Å². The highest BCUT2D eigenvalue weighted by Crippen LogP contribution is 2.38. The van der Waals surface area contributed by atoms with Crippen LogP contribution in [0.2, 0.25) is 0 Å². The molecule has 294 valence electrons. The monoisotopic (exact) mass is 790 g/mol. The van der Waals surface area contributed by atoms with Crippen LogP contribution in [0.3, 0.4) is 0 Å². The Morgan fingerprint density at radius 3 is 1.83 bits per heavy atom. The van der Waals surface area contributed by atoms with Gasteiger partial charge in [-0.25, -0.2) is 8.42 Å². The minimum absolute atomic E-state index is 0.000837. The van der Waals surface area contributed by atoms with Gasteiger partial charge < -0.3 is 4.90 Å². The van der Waals surface area contributed by atoms with Crippen LogP contribution >= 0.6 is 0 Å². The molecule has 54 heavy (non-hydrogen) atoms. The van der Waals surface area contributed by atoms with E-state index in [9.17, 15) is 52.7 Å². The van der Waals surface area contributed by atoms with E-state index in [1.807, 2.05) is 12.1 Å². The number of piperazine rings is 1. The summed E-state index contributed by atoms with van der Waals surface area (Å²) in [6.07, 6.45) is -12.7. The Kier molecular flexibility index (Phi) is 11.5. The maximum Gasteiger partial charge on any atom is 0.417 e. The zero-order valence-corrected chi connectivity index (χ0v) is 29.8. The number of likely N-dealkylation sites (tertiary alicyclic amines) is 1. The summed E-state index contributed by atoms with van der Waals surface area (Å²) in [7, 11) is -4.43. The van der Waals surface area contributed by atoms with Gasteiger partial charge in [-0.3, -0.25) is 14.6 Å². The fraction of sp³-hybridized carbons (Fsp3) is 0.486. The zero-order chi connectivity index (χ0) is 39.1. The Labute approximate surface area is 307 Å². The first kappa shape index (κ1) is 40.0. The van der Waals surface area contributed by atoms with Crippen molar-refractivity contribution >= 4 is 15.9 Å². The molecule has 0 bridgehead atoms. The molecule has 3 aliphatic heterocycles. The van der Waals surface area contributed by atoms with Gasteiger partial charge in [-0.1, -0.05) is 42.5 Å². The molecule has 3 aromatic carbocycles. The highest BCUT2D eigenvalue weighted by molar-refractivity contribution is 7.89. The summed E-state index contributed by atoms with van der Waals surface area (Å²) in [6.45, 7) is 2.48. The Morgan fingerprint density at radius 2 is 1.24 bits per heavy atom. The molecule has 0 spiro atoms. The number of alkyl halides is 9. The maximum atomic E-state index is 13.8. The number of benzene rings is 3. The second-order valence-electron chi connectivity index (χ2n) is 14.0. The lowest BCUT2D eigenvalue weighted by molar-refractivity contribution is -0.143. The van der Waals surface area contributed by atoms with E-state index in [2.05, 4.69) is 9.80 Å². The second kappa shape index (κ2) is 15.5. The summed E-state index contributed by atoms with van der Waals surface area (Å²) in [5.41, 5.74) is -4.16. The summed E-state index contributed by atoms with van der Waals surface area (Å²) < 4.78 is 151. The summed E-state index contributed by atoms with van der Waals surface area (Å²) in [5, 5.41) is 0. The van der Waals surface area contributed by atoms with Crippen molar-refractivity contribution in [2.24, 2.45) is 0 Å². The summed E-state index contributed by atoms with van der Waals surface area (Å²) >= 11 is 0. The van der Waals surface area contributed by atoms with Crippen molar-refractivity contribution in [2.45, 2.75) is 73.7 Å². The third-order valence-electron chi connectivity index (χ3n) is 10.6. The summed E-state index contributed by atoms with van der Waals surface area (Å²) in [6, 6.07) is 13.4. The summed E-state index contributed by atoms with van der Waals surface area (Å²) in [4.78, 5) is 18.8. The van der Waals surface area contributed by atoms with Crippen LogP contribution in [0.1, 0.15) is 58.3 Å². The largest absolute Gasteiger partial charge is 0.417 e. The molecule has 3 atom stereocenters. The molecule has 3 saturated heterocycles. The fourth-order valence-electron chi connectivity index (χ4n) is 7.92. The van der Waals surface area contributed by atoms with Crippen molar-refractivity contribution in [1.29, 1.82) is 0 Å². The number of rotatable bonds is 7. The number of hydrogen-bond donors (Lipinski definition) is 0. The Bertz CT molecular complexity index is 1860. The predicted molar refractivity (Wildman–Crippen MR) is 181 cm³/mol. The molecule has 0 saturated carbocycles. The molecular formula is C37H39F9N4O3S. The number of amides is 1. The molecular weight excluding hydrogens is 751 g/mol. The number of halogens is 9. The topological polar surface area (TPSA) is 64.2 Å². The number of nitrogens with zero attached hydrogens (tertiary/aromatic N) is 4. The smallest absolute Gasteiger partial charge is 0.335 e. The van der Waals surface area contributed by atoms with Crippen LogP contribution in [0.4, 0.5) is 39.5 Å². The predicted octanol–water partition coefficient (Wildman–Crippen LogP) is 7.43. The van der Waals surface area contributed by atoms with Gasteiger partial charge in [-0.05, 0) is 68.0 Å². The molecule has 3 heterocycles. The lowest BCUT2D eigenvalue weighted by atomic mass is 9.90. The van der Waals surface area contributed by atoms with E-state index < -0.39 is 67.7 Å². The van der Waals surface area contributed by atoms with Gasteiger partial charge in [0.25, 0.3) is 5.91 Å². The van der Waals surface area contributed by atoms with Crippen LogP contribution in [0.15, 0.2) is 77.7 Å². The van der Waals surface area contributed by atoms with Gasteiger partial charge in [0.2, 0.25) is 10.0 Å². The van der Waals surface area contributed by atoms with Crippen molar-refractivity contribution in [3.8, 4) is 0 Å².